The number of hydrogen-bond donors (Lipinski definition) is 1. The van der Waals surface area contributed by atoms with Crippen molar-refractivity contribution in [2.45, 2.75) is 44.5 Å². The zero-order valence-corrected chi connectivity index (χ0v) is 10.5. The minimum absolute atomic E-state index is 0.0586. The van der Waals surface area contributed by atoms with Gasteiger partial charge >= 0.3 is 6.18 Å². The highest BCUT2D eigenvalue weighted by atomic mass is 35.5. The molecule has 102 valence electrons. The van der Waals surface area contributed by atoms with Gasteiger partial charge in [0.15, 0.2) is 0 Å². The average molecular weight is 283 g/mol. The number of rotatable bonds is 1. The van der Waals surface area contributed by atoms with E-state index in [2.05, 4.69) is 5.10 Å². The Kier molecular flexibility index (Phi) is 3.60. The average Bonchev–Trinajstić information content (AvgIpc) is 2.58. The zero-order valence-electron chi connectivity index (χ0n) is 9.78. The van der Waals surface area contributed by atoms with Crippen LogP contribution in [-0.4, -0.2) is 27.2 Å². The molecule has 1 aliphatic carbocycles. The quantitative estimate of drug-likeness (QED) is 0.859. The summed E-state index contributed by atoms with van der Waals surface area (Å²) in [5.74, 6) is -1.48. The molecule has 18 heavy (non-hydrogen) atoms. The molecular formula is C11H14ClF3N2O. The van der Waals surface area contributed by atoms with E-state index in [1.165, 1.54) is 10.9 Å². The summed E-state index contributed by atoms with van der Waals surface area (Å²) in [5.41, 5.74) is 0.505. The van der Waals surface area contributed by atoms with Gasteiger partial charge in [0.1, 0.15) is 0 Å². The first kappa shape index (κ1) is 13.7. The normalized spacial score (nSPS) is 29.6. The van der Waals surface area contributed by atoms with Crippen LogP contribution < -0.4 is 0 Å². The number of aromatic nitrogens is 2. The smallest absolute Gasteiger partial charge is 0.393 e. The Morgan fingerprint density at radius 1 is 1.44 bits per heavy atom. The van der Waals surface area contributed by atoms with Crippen LogP contribution in [-0.2, 0) is 0 Å². The van der Waals surface area contributed by atoms with Crippen molar-refractivity contribution in [1.82, 2.24) is 9.78 Å². The first-order chi connectivity index (χ1) is 8.30. The van der Waals surface area contributed by atoms with E-state index in [0.29, 0.717) is 10.7 Å². The van der Waals surface area contributed by atoms with Gasteiger partial charge in [-0.1, -0.05) is 11.6 Å². The van der Waals surface area contributed by atoms with Crippen LogP contribution in [0.3, 0.4) is 0 Å². The third-order valence-electron chi connectivity index (χ3n) is 3.51. The third kappa shape index (κ3) is 2.49. The summed E-state index contributed by atoms with van der Waals surface area (Å²) in [6, 6.07) is -0.874. The Morgan fingerprint density at radius 2 is 2.11 bits per heavy atom. The Balaban J connectivity index is 2.34. The number of nitrogens with zero attached hydrogens (tertiary/aromatic N) is 2. The first-order valence-corrected chi connectivity index (χ1v) is 6.13. The molecule has 0 saturated heterocycles. The highest BCUT2D eigenvalue weighted by Gasteiger charge is 2.48. The van der Waals surface area contributed by atoms with Crippen LogP contribution in [0, 0.1) is 12.8 Å². The molecule has 7 heteroatoms. The molecule has 1 aromatic heterocycles. The van der Waals surface area contributed by atoms with Gasteiger partial charge in [0, 0.05) is 0 Å². The van der Waals surface area contributed by atoms with Crippen LogP contribution >= 0.6 is 11.6 Å². The summed E-state index contributed by atoms with van der Waals surface area (Å²) in [7, 11) is 0. The molecule has 0 spiro atoms. The second kappa shape index (κ2) is 4.74. The lowest BCUT2D eigenvalue weighted by molar-refractivity contribution is -0.199. The maximum absolute atomic E-state index is 13.0. The molecule has 1 N–H and O–H groups in total. The van der Waals surface area contributed by atoms with Gasteiger partial charge in [0.2, 0.25) is 0 Å². The molecule has 0 aromatic carbocycles. The fourth-order valence-electron chi connectivity index (χ4n) is 2.51. The van der Waals surface area contributed by atoms with Crippen molar-refractivity contribution >= 4 is 11.6 Å². The number of aliphatic hydroxyl groups is 1. The second-order valence-electron chi connectivity index (χ2n) is 4.70. The zero-order chi connectivity index (χ0) is 13.5. The van der Waals surface area contributed by atoms with E-state index in [1.54, 1.807) is 6.92 Å². The predicted octanol–water partition coefficient (Wildman–Crippen LogP) is 3.11. The van der Waals surface area contributed by atoms with Crippen LogP contribution in [0.4, 0.5) is 13.2 Å². The minimum atomic E-state index is -4.28. The molecule has 1 aromatic rings. The van der Waals surface area contributed by atoms with Gasteiger partial charge in [-0.15, -0.1) is 0 Å². The van der Waals surface area contributed by atoms with Crippen molar-refractivity contribution in [2.75, 3.05) is 0 Å². The molecule has 3 atom stereocenters. The van der Waals surface area contributed by atoms with E-state index in [9.17, 15) is 18.3 Å². The summed E-state index contributed by atoms with van der Waals surface area (Å²) in [4.78, 5) is 0. The Labute approximate surface area is 108 Å². The molecule has 3 unspecified atom stereocenters. The van der Waals surface area contributed by atoms with Gasteiger partial charge in [-0.05, 0) is 26.2 Å². The van der Waals surface area contributed by atoms with Gasteiger partial charge in [0.05, 0.1) is 35.0 Å². The van der Waals surface area contributed by atoms with E-state index in [0.717, 1.165) is 0 Å². The van der Waals surface area contributed by atoms with E-state index >= 15 is 0 Å². The van der Waals surface area contributed by atoms with E-state index in [-0.39, 0.29) is 19.3 Å². The largest absolute Gasteiger partial charge is 0.393 e. The van der Waals surface area contributed by atoms with Gasteiger partial charge in [-0.2, -0.15) is 18.3 Å². The molecule has 0 bridgehead atoms. The highest BCUT2D eigenvalue weighted by Crippen LogP contribution is 2.44. The van der Waals surface area contributed by atoms with Crippen molar-refractivity contribution in [3.05, 3.63) is 16.9 Å². The molecule has 1 saturated carbocycles. The molecular weight excluding hydrogens is 269 g/mol. The van der Waals surface area contributed by atoms with Crippen molar-refractivity contribution < 1.29 is 18.3 Å². The van der Waals surface area contributed by atoms with Gasteiger partial charge in [0.25, 0.3) is 0 Å². The lowest BCUT2D eigenvalue weighted by atomic mass is 9.82. The van der Waals surface area contributed by atoms with Gasteiger partial charge in [-0.3, -0.25) is 4.68 Å². The van der Waals surface area contributed by atoms with Gasteiger partial charge in [-0.25, -0.2) is 0 Å². The van der Waals surface area contributed by atoms with Crippen LogP contribution in [0.25, 0.3) is 0 Å². The van der Waals surface area contributed by atoms with E-state index in [4.69, 9.17) is 11.6 Å². The van der Waals surface area contributed by atoms with Crippen molar-refractivity contribution in [3.63, 3.8) is 0 Å². The topological polar surface area (TPSA) is 38.0 Å². The molecule has 0 radical (unpaired) electrons. The lowest BCUT2D eigenvalue weighted by Gasteiger charge is -2.36. The molecule has 1 fully saturated rings. The minimum Gasteiger partial charge on any atom is -0.393 e. The summed E-state index contributed by atoms with van der Waals surface area (Å²) >= 11 is 5.82. The Bertz CT molecular complexity index is 432. The molecule has 0 aliphatic heterocycles. The van der Waals surface area contributed by atoms with Crippen molar-refractivity contribution in [3.8, 4) is 0 Å². The van der Waals surface area contributed by atoms with Gasteiger partial charge < -0.3 is 5.11 Å². The van der Waals surface area contributed by atoms with Crippen molar-refractivity contribution in [2.24, 2.45) is 5.92 Å². The predicted molar refractivity (Wildman–Crippen MR) is 60.4 cm³/mol. The van der Waals surface area contributed by atoms with Crippen molar-refractivity contribution in [1.29, 1.82) is 0 Å². The number of hydrogen-bond acceptors (Lipinski definition) is 2. The summed E-state index contributed by atoms with van der Waals surface area (Å²) in [5, 5.41) is 13.8. The summed E-state index contributed by atoms with van der Waals surface area (Å²) in [6.07, 6.45) is -3.50. The second-order valence-corrected chi connectivity index (χ2v) is 5.11. The fourth-order valence-corrected chi connectivity index (χ4v) is 2.64. The molecule has 1 aliphatic rings. The maximum Gasteiger partial charge on any atom is 0.393 e. The first-order valence-electron chi connectivity index (χ1n) is 5.75. The molecule has 0 amide bonds. The van der Waals surface area contributed by atoms with Crippen LogP contribution in [0.2, 0.25) is 5.02 Å². The van der Waals surface area contributed by atoms with Crippen LogP contribution in [0.1, 0.15) is 31.0 Å². The third-order valence-corrected chi connectivity index (χ3v) is 3.88. The van der Waals surface area contributed by atoms with Crippen LogP contribution in [0.15, 0.2) is 6.20 Å². The lowest BCUT2D eigenvalue weighted by Crippen LogP contribution is -2.39. The maximum atomic E-state index is 13.0. The Hall–Kier alpha value is -0.750. The fraction of sp³-hybridized carbons (Fsp3) is 0.727. The monoisotopic (exact) mass is 282 g/mol. The molecule has 3 nitrogen and oxygen atoms in total. The molecule has 2 rings (SSSR count). The summed E-state index contributed by atoms with van der Waals surface area (Å²) < 4.78 is 40.3. The van der Waals surface area contributed by atoms with E-state index in [1.807, 2.05) is 0 Å². The standard InChI is InChI=1S/C11H14ClF3N2O/c1-6-9(12)5-16-17(6)10-4-7(18)2-3-8(10)11(13,14)15/h5,7-8,10,18H,2-4H2,1H3. The van der Waals surface area contributed by atoms with Crippen LogP contribution in [0.5, 0.6) is 0 Å². The molecule has 1 heterocycles. The number of aliphatic hydroxyl groups excluding tert-OH is 1. The number of halogens is 4. The number of alkyl halides is 3. The Morgan fingerprint density at radius 3 is 2.61 bits per heavy atom. The highest BCUT2D eigenvalue weighted by molar-refractivity contribution is 6.31. The summed E-state index contributed by atoms with van der Waals surface area (Å²) in [6.45, 7) is 1.63. The van der Waals surface area contributed by atoms with E-state index < -0.39 is 24.2 Å². The SMILES string of the molecule is Cc1c(Cl)cnn1C1CC(O)CCC1C(F)(F)F.